The SMILES string of the molecule is CC(NC(=O)c1cccc([N+](=O)[O-])c1)C(=O)N1CC2CCCC2C1C(=O)O. The van der Waals surface area contributed by atoms with Crippen LogP contribution in [0, 0.1) is 22.0 Å². The molecule has 0 bridgehead atoms. The maximum Gasteiger partial charge on any atom is 0.326 e. The number of hydrogen-bond acceptors (Lipinski definition) is 5. The van der Waals surface area contributed by atoms with Gasteiger partial charge in [-0.2, -0.15) is 0 Å². The summed E-state index contributed by atoms with van der Waals surface area (Å²) in [5, 5.41) is 22.9. The van der Waals surface area contributed by atoms with Crippen LogP contribution in [0.1, 0.15) is 36.5 Å². The van der Waals surface area contributed by atoms with Crippen LogP contribution in [0.5, 0.6) is 0 Å². The van der Waals surface area contributed by atoms with E-state index in [-0.39, 0.29) is 23.1 Å². The Balaban J connectivity index is 1.70. The highest BCUT2D eigenvalue weighted by atomic mass is 16.6. The number of nitro benzene ring substituents is 1. The van der Waals surface area contributed by atoms with Gasteiger partial charge in [0.05, 0.1) is 4.92 Å². The predicted octanol–water partition coefficient (Wildman–Crippen LogP) is 1.42. The Bertz CT molecular complexity index is 795. The van der Waals surface area contributed by atoms with E-state index in [1.165, 1.54) is 30.0 Å². The summed E-state index contributed by atoms with van der Waals surface area (Å²) >= 11 is 0. The number of carbonyl (C=O) groups is 3. The molecule has 4 atom stereocenters. The maximum atomic E-state index is 12.8. The first-order valence-corrected chi connectivity index (χ1v) is 8.88. The van der Waals surface area contributed by atoms with Gasteiger partial charge in [-0.3, -0.25) is 19.7 Å². The molecule has 1 aromatic carbocycles. The quantitative estimate of drug-likeness (QED) is 0.591. The number of non-ortho nitro benzene ring substituents is 1. The number of carboxylic acid groups (broad SMARTS) is 1. The van der Waals surface area contributed by atoms with Crippen LogP contribution in [0.4, 0.5) is 5.69 Å². The lowest BCUT2D eigenvalue weighted by molar-refractivity contribution is -0.384. The van der Waals surface area contributed by atoms with Crippen molar-refractivity contribution in [1.29, 1.82) is 0 Å². The molecule has 144 valence electrons. The molecule has 9 heteroatoms. The second kappa shape index (κ2) is 7.34. The smallest absolute Gasteiger partial charge is 0.326 e. The molecule has 4 unspecified atom stereocenters. The Kier molecular flexibility index (Phi) is 5.11. The largest absolute Gasteiger partial charge is 0.480 e. The van der Waals surface area contributed by atoms with Crippen molar-refractivity contribution in [3.8, 4) is 0 Å². The molecule has 1 aromatic rings. The highest BCUT2D eigenvalue weighted by Crippen LogP contribution is 2.42. The first-order valence-electron chi connectivity index (χ1n) is 8.88. The van der Waals surface area contributed by atoms with E-state index in [1.807, 2.05) is 0 Å². The molecule has 3 rings (SSSR count). The Hall–Kier alpha value is -2.97. The van der Waals surface area contributed by atoms with Crippen molar-refractivity contribution in [2.75, 3.05) is 6.54 Å². The fourth-order valence-electron chi connectivity index (χ4n) is 4.20. The molecular formula is C18H21N3O6. The van der Waals surface area contributed by atoms with Crippen LogP contribution in [0.25, 0.3) is 0 Å². The number of likely N-dealkylation sites (tertiary alicyclic amines) is 1. The molecule has 1 heterocycles. The van der Waals surface area contributed by atoms with Crippen molar-refractivity contribution in [2.24, 2.45) is 11.8 Å². The van der Waals surface area contributed by atoms with Crippen molar-refractivity contribution in [1.82, 2.24) is 10.2 Å². The summed E-state index contributed by atoms with van der Waals surface area (Å²) in [6, 6.07) is 3.42. The molecular weight excluding hydrogens is 354 g/mol. The number of amides is 2. The number of nitrogens with zero attached hydrogens (tertiary/aromatic N) is 2. The predicted molar refractivity (Wildman–Crippen MR) is 94.0 cm³/mol. The van der Waals surface area contributed by atoms with Gasteiger partial charge in [-0.1, -0.05) is 12.5 Å². The lowest BCUT2D eigenvalue weighted by Gasteiger charge is -2.27. The summed E-state index contributed by atoms with van der Waals surface area (Å²) in [4.78, 5) is 48.4. The molecule has 0 aromatic heterocycles. The van der Waals surface area contributed by atoms with Crippen LogP contribution in [0.2, 0.25) is 0 Å². The van der Waals surface area contributed by atoms with E-state index in [0.29, 0.717) is 6.54 Å². The van der Waals surface area contributed by atoms with Gasteiger partial charge in [-0.15, -0.1) is 0 Å². The Labute approximate surface area is 155 Å². The number of nitro groups is 1. The standard InChI is InChI=1S/C18H21N3O6/c1-10(19-16(22)11-4-2-6-13(8-11)21(26)27)17(23)20-9-12-5-3-7-14(12)15(20)18(24)25/h2,4,6,8,10,12,14-15H,3,5,7,9H2,1H3,(H,19,22)(H,24,25). The monoisotopic (exact) mass is 375 g/mol. The molecule has 2 fully saturated rings. The Morgan fingerprint density at radius 3 is 2.74 bits per heavy atom. The zero-order valence-electron chi connectivity index (χ0n) is 14.8. The third kappa shape index (κ3) is 3.62. The summed E-state index contributed by atoms with van der Waals surface area (Å²) in [7, 11) is 0. The van der Waals surface area contributed by atoms with Crippen molar-refractivity contribution in [3.63, 3.8) is 0 Å². The van der Waals surface area contributed by atoms with Crippen LogP contribution in [0.15, 0.2) is 24.3 Å². The van der Waals surface area contributed by atoms with Crippen LogP contribution in [0.3, 0.4) is 0 Å². The number of nitrogens with one attached hydrogen (secondary N) is 1. The molecule has 9 nitrogen and oxygen atoms in total. The number of aliphatic carboxylic acids is 1. The van der Waals surface area contributed by atoms with Crippen LogP contribution in [-0.4, -0.2) is 51.3 Å². The second-order valence-corrected chi connectivity index (χ2v) is 7.13. The fraction of sp³-hybridized carbons (Fsp3) is 0.500. The second-order valence-electron chi connectivity index (χ2n) is 7.13. The van der Waals surface area contributed by atoms with Gasteiger partial charge < -0.3 is 15.3 Å². The number of hydrogen-bond donors (Lipinski definition) is 2. The summed E-state index contributed by atoms with van der Waals surface area (Å²) in [6.45, 7) is 1.88. The van der Waals surface area contributed by atoms with Gasteiger partial charge in [0.2, 0.25) is 5.91 Å². The lowest BCUT2D eigenvalue weighted by Crippen LogP contribution is -2.51. The zero-order chi connectivity index (χ0) is 19.7. The van der Waals surface area contributed by atoms with Crippen LogP contribution in [-0.2, 0) is 9.59 Å². The first-order chi connectivity index (χ1) is 12.8. The fourth-order valence-corrected chi connectivity index (χ4v) is 4.20. The number of carbonyl (C=O) groups excluding carboxylic acids is 2. The summed E-state index contributed by atoms with van der Waals surface area (Å²) < 4.78 is 0. The normalized spacial score (nSPS) is 24.9. The Morgan fingerprint density at radius 1 is 1.33 bits per heavy atom. The van der Waals surface area contributed by atoms with Crippen LogP contribution < -0.4 is 5.32 Å². The number of fused-ring (bicyclic) bond motifs is 1. The van der Waals surface area contributed by atoms with Crippen molar-refractivity contribution >= 4 is 23.5 Å². The van der Waals surface area contributed by atoms with Gasteiger partial charge in [-0.05, 0) is 37.7 Å². The van der Waals surface area contributed by atoms with Crippen LogP contribution >= 0.6 is 0 Å². The number of rotatable bonds is 5. The minimum absolute atomic E-state index is 0.0360. The molecule has 2 N–H and O–H groups in total. The lowest BCUT2D eigenvalue weighted by atomic mass is 9.94. The van der Waals surface area contributed by atoms with E-state index in [1.54, 1.807) is 0 Å². The minimum atomic E-state index is -1.02. The van der Waals surface area contributed by atoms with Crippen molar-refractivity contribution in [3.05, 3.63) is 39.9 Å². The third-order valence-electron chi connectivity index (χ3n) is 5.46. The molecule has 1 aliphatic carbocycles. The number of carboxylic acids is 1. The molecule has 2 aliphatic rings. The van der Waals surface area contributed by atoms with Gasteiger partial charge in [0.25, 0.3) is 11.6 Å². The first kappa shape index (κ1) is 18.8. The molecule has 1 saturated carbocycles. The van der Waals surface area contributed by atoms with E-state index in [9.17, 15) is 29.6 Å². The topological polar surface area (TPSA) is 130 Å². The van der Waals surface area contributed by atoms with Crippen molar-refractivity contribution in [2.45, 2.75) is 38.3 Å². The number of benzene rings is 1. The van der Waals surface area contributed by atoms with Gasteiger partial charge >= 0.3 is 5.97 Å². The molecule has 0 radical (unpaired) electrons. The average Bonchev–Trinajstić information content (AvgIpc) is 3.21. The Morgan fingerprint density at radius 2 is 2.07 bits per heavy atom. The molecule has 1 aliphatic heterocycles. The van der Waals surface area contributed by atoms with E-state index in [0.717, 1.165) is 25.3 Å². The molecule has 0 spiro atoms. The van der Waals surface area contributed by atoms with E-state index in [2.05, 4.69) is 5.32 Å². The van der Waals surface area contributed by atoms with Gasteiger partial charge in [-0.25, -0.2) is 4.79 Å². The van der Waals surface area contributed by atoms with E-state index >= 15 is 0 Å². The third-order valence-corrected chi connectivity index (χ3v) is 5.46. The van der Waals surface area contributed by atoms with Gasteiger partial charge in [0, 0.05) is 24.2 Å². The van der Waals surface area contributed by atoms with E-state index in [4.69, 9.17) is 0 Å². The van der Waals surface area contributed by atoms with Crippen molar-refractivity contribution < 1.29 is 24.4 Å². The van der Waals surface area contributed by atoms with Gasteiger partial charge in [0.15, 0.2) is 0 Å². The molecule has 2 amide bonds. The summed E-state index contributed by atoms with van der Waals surface area (Å²) in [6.07, 6.45) is 2.67. The summed E-state index contributed by atoms with van der Waals surface area (Å²) in [5.74, 6) is -1.93. The molecule has 27 heavy (non-hydrogen) atoms. The summed E-state index contributed by atoms with van der Waals surface area (Å²) in [5.41, 5.74) is -0.156. The highest BCUT2D eigenvalue weighted by Gasteiger charge is 2.50. The van der Waals surface area contributed by atoms with Gasteiger partial charge in [0.1, 0.15) is 12.1 Å². The maximum absolute atomic E-state index is 12.8. The molecule has 1 saturated heterocycles. The zero-order valence-corrected chi connectivity index (χ0v) is 14.8. The van der Waals surface area contributed by atoms with E-state index < -0.39 is 34.8 Å². The minimum Gasteiger partial charge on any atom is -0.480 e. The highest BCUT2D eigenvalue weighted by molar-refractivity contribution is 5.98. The average molecular weight is 375 g/mol.